The van der Waals surface area contributed by atoms with Gasteiger partial charge in [-0.05, 0) is 41.2 Å². The summed E-state index contributed by atoms with van der Waals surface area (Å²) in [5, 5.41) is 0. The van der Waals surface area contributed by atoms with E-state index in [-0.39, 0.29) is 5.78 Å². The molecule has 0 saturated heterocycles. The number of allylic oxidation sites excluding steroid dienone is 1. The van der Waals surface area contributed by atoms with E-state index in [1.165, 1.54) is 0 Å². The van der Waals surface area contributed by atoms with Crippen LogP contribution in [0.15, 0.2) is 33.9 Å². The van der Waals surface area contributed by atoms with Crippen LogP contribution in [0, 0.1) is 0 Å². The minimum absolute atomic E-state index is 0.111. The van der Waals surface area contributed by atoms with E-state index in [1.54, 1.807) is 6.92 Å². The first-order chi connectivity index (χ1) is 5.70. The molecule has 0 bridgehead atoms. The summed E-state index contributed by atoms with van der Waals surface area (Å²) in [5.74, 6) is 0.111. The van der Waals surface area contributed by atoms with Gasteiger partial charge in [-0.15, -0.1) is 0 Å². The second-order valence-electron chi connectivity index (χ2n) is 2.46. The van der Waals surface area contributed by atoms with Crippen molar-refractivity contribution in [3.8, 4) is 0 Å². The maximum absolute atomic E-state index is 10.9. The molecule has 0 aliphatic carbocycles. The van der Waals surface area contributed by atoms with Crippen molar-refractivity contribution in [1.29, 1.82) is 0 Å². The van der Waals surface area contributed by atoms with Crippen molar-refractivity contribution in [2.24, 2.45) is 0 Å². The molecule has 0 aliphatic rings. The van der Waals surface area contributed by atoms with Crippen molar-refractivity contribution in [2.75, 3.05) is 0 Å². The minimum Gasteiger partial charge on any atom is -0.294 e. The molecule has 1 aromatic rings. The monoisotopic (exact) mass is 272 g/mol. The number of carbonyl (C=O) groups is 1. The molecule has 0 amide bonds. The molecule has 1 aromatic carbocycles. The van der Waals surface area contributed by atoms with Crippen LogP contribution in [0.5, 0.6) is 0 Å². The Kier molecular flexibility index (Phi) is 3.47. The number of carbonyl (C=O) groups excluding carboxylic acids is 1. The van der Waals surface area contributed by atoms with Gasteiger partial charge in [0.2, 0.25) is 0 Å². The molecule has 1 rings (SSSR count). The average molecular weight is 272 g/mol. The minimum atomic E-state index is 0.111. The number of ketones is 1. The van der Waals surface area contributed by atoms with Gasteiger partial charge in [0, 0.05) is 0 Å². The Morgan fingerprint density at radius 1 is 1.33 bits per heavy atom. The summed E-state index contributed by atoms with van der Waals surface area (Å²) in [5.41, 5.74) is 1.07. The van der Waals surface area contributed by atoms with Crippen molar-refractivity contribution in [3.63, 3.8) is 0 Å². The Morgan fingerprint density at radius 2 is 1.92 bits per heavy atom. The highest BCUT2D eigenvalue weighted by molar-refractivity contribution is 14.1. The standard InChI is InChI=1S/C10H9IO/c1-8(12)10(11)7-9-5-3-2-4-6-9/h2-7H,1H3/b10-7+. The van der Waals surface area contributed by atoms with Gasteiger partial charge in [0.15, 0.2) is 5.78 Å². The molecular weight excluding hydrogens is 263 g/mol. The third-order valence-corrected chi connectivity index (χ3v) is 2.50. The fourth-order valence-corrected chi connectivity index (χ4v) is 1.16. The highest BCUT2D eigenvalue weighted by Crippen LogP contribution is 2.12. The molecule has 0 aromatic heterocycles. The highest BCUT2D eigenvalue weighted by atomic mass is 127. The molecule has 62 valence electrons. The number of halogens is 1. The summed E-state index contributed by atoms with van der Waals surface area (Å²) < 4.78 is 0.763. The zero-order chi connectivity index (χ0) is 8.97. The van der Waals surface area contributed by atoms with Crippen LogP contribution >= 0.6 is 22.6 Å². The summed E-state index contributed by atoms with van der Waals surface area (Å²) in [6.07, 6.45) is 1.88. The summed E-state index contributed by atoms with van der Waals surface area (Å²) in [7, 11) is 0. The van der Waals surface area contributed by atoms with Gasteiger partial charge in [0.25, 0.3) is 0 Å². The van der Waals surface area contributed by atoms with E-state index < -0.39 is 0 Å². The van der Waals surface area contributed by atoms with Gasteiger partial charge < -0.3 is 0 Å². The van der Waals surface area contributed by atoms with Crippen LogP contribution in [-0.4, -0.2) is 5.78 Å². The highest BCUT2D eigenvalue weighted by Gasteiger charge is 1.96. The van der Waals surface area contributed by atoms with Crippen LogP contribution in [0.2, 0.25) is 0 Å². The lowest BCUT2D eigenvalue weighted by molar-refractivity contribution is -0.112. The van der Waals surface area contributed by atoms with Crippen molar-refractivity contribution >= 4 is 34.5 Å². The molecular formula is C10H9IO. The molecule has 0 unspecified atom stereocenters. The molecule has 0 spiro atoms. The van der Waals surface area contributed by atoms with Gasteiger partial charge in [0.05, 0.1) is 3.58 Å². The van der Waals surface area contributed by atoms with Gasteiger partial charge in [-0.1, -0.05) is 30.3 Å². The predicted molar refractivity (Wildman–Crippen MR) is 59.1 cm³/mol. The summed E-state index contributed by atoms with van der Waals surface area (Å²) in [4.78, 5) is 10.9. The fraction of sp³-hybridized carbons (Fsp3) is 0.100. The predicted octanol–water partition coefficient (Wildman–Crippen LogP) is 3.05. The zero-order valence-corrected chi connectivity index (χ0v) is 8.91. The lowest BCUT2D eigenvalue weighted by Crippen LogP contribution is -1.86. The van der Waals surface area contributed by atoms with Gasteiger partial charge in [0.1, 0.15) is 0 Å². The maximum Gasteiger partial charge on any atom is 0.165 e. The van der Waals surface area contributed by atoms with E-state index in [9.17, 15) is 4.79 Å². The number of rotatable bonds is 2. The number of hydrogen-bond donors (Lipinski definition) is 0. The van der Waals surface area contributed by atoms with Gasteiger partial charge in [-0.25, -0.2) is 0 Å². The van der Waals surface area contributed by atoms with Crippen LogP contribution in [0.4, 0.5) is 0 Å². The first-order valence-corrected chi connectivity index (χ1v) is 4.71. The molecule has 0 aliphatic heterocycles. The molecule has 0 saturated carbocycles. The molecule has 0 radical (unpaired) electrons. The van der Waals surface area contributed by atoms with Gasteiger partial charge >= 0.3 is 0 Å². The Labute approximate surface area is 85.6 Å². The van der Waals surface area contributed by atoms with E-state index >= 15 is 0 Å². The van der Waals surface area contributed by atoms with Crippen molar-refractivity contribution in [2.45, 2.75) is 6.92 Å². The third-order valence-electron chi connectivity index (χ3n) is 1.43. The van der Waals surface area contributed by atoms with E-state index in [1.807, 2.05) is 59.0 Å². The van der Waals surface area contributed by atoms with Crippen LogP contribution < -0.4 is 0 Å². The number of benzene rings is 1. The first-order valence-electron chi connectivity index (χ1n) is 3.63. The van der Waals surface area contributed by atoms with Crippen molar-refractivity contribution < 1.29 is 4.79 Å². The molecule has 0 N–H and O–H groups in total. The Morgan fingerprint density at radius 3 is 2.42 bits per heavy atom. The van der Waals surface area contributed by atoms with Crippen molar-refractivity contribution in [3.05, 3.63) is 39.5 Å². The average Bonchev–Trinajstić information content (AvgIpc) is 2.06. The number of hydrogen-bond acceptors (Lipinski definition) is 1. The summed E-state index contributed by atoms with van der Waals surface area (Å²) >= 11 is 2.05. The number of Topliss-reactive ketones (excluding diaryl/α,β-unsaturated/α-hetero) is 1. The quantitative estimate of drug-likeness (QED) is 0.597. The van der Waals surface area contributed by atoms with Crippen LogP contribution in [0.3, 0.4) is 0 Å². The molecule has 12 heavy (non-hydrogen) atoms. The van der Waals surface area contributed by atoms with E-state index in [2.05, 4.69) is 0 Å². The normalized spacial score (nSPS) is 11.3. The van der Waals surface area contributed by atoms with E-state index in [0.717, 1.165) is 9.14 Å². The van der Waals surface area contributed by atoms with E-state index in [0.29, 0.717) is 0 Å². The lowest BCUT2D eigenvalue weighted by atomic mass is 10.2. The smallest absolute Gasteiger partial charge is 0.165 e. The van der Waals surface area contributed by atoms with Crippen LogP contribution in [-0.2, 0) is 4.79 Å². The van der Waals surface area contributed by atoms with Gasteiger partial charge in [-0.3, -0.25) is 4.79 Å². The molecule has 2 heteroatoms. The van der Waals surface area contributed by atoms with Crippen LogP contribution in [0.25, 0.3) is 6.08 Å². The molecule has 0 heterocycles. The third kappa shape index (κ3) is 2.77. The Balaban J connectivity index is 2.89. The second-order valence-corrected chi connectivity index (χ2v) is 3.62. The topological polar surface area (TPSA) is 17.1 Å². The van der Waals surface area contributed by atoms with E-state index in [4.69, 9.17) is 0 Å². The fourth-order valence-electron chi connectivity index (χ4n) is 0.797. The zero-order valence-electron chi connectivity index (χ0n) is 6.75. The largest absolute Gasteiger partial charge is 0.294 e. The summed E-state index contributed by atoms with van der Waals surface area (Å²) in [6, 6.07) is 9.81. The lowest BCUT2D eigenvalue weighted by Gasteiger charge is -1.93. The summed E-state index contributed by atoms with van der Waals surface area (Å²) in [6.45, 7) is 1.57. The maximum atomic E-state index is 10.9. The van der Waals surface area contributed by atoms with Crippen LogP contribution in [0.1, 0.15) is 12.5 Å². The Hall–Kier alpha value is -0.640. The van der Waals surface area contributed by atoms with Crippen molar-refractivity contribution in [1.82, 2.24) is 0 Å². The molecule has 0 atom stereocenters. The first kappa shape index (κ1) is 9.45. The molecule has 0 fully saturated rings. The van der Waals surface area contributed by atoms with Gasteiger partial charge in [-0.2, -0.15) is 0 Å². The Bertz CT molecular complexity index is 301. The second kappa shape index (κ2) is 4.40. The molecule has 1 nitrogen and oxygen atoms in total. The SMILES string of the molecule is CC(=O)/C(I)=C\c1ccccc1.